The highest BCUT2D eigenvalue weighted by Gasteiger charge is 2.11. The summed E-state index contributed by atoms with van der Waals surface area (Å²) in [5.74, 6) is 0.736. The van der Waals surface area contributed by atoms with E-state index in [1.54, 1.807) is 0 Å². The van der Waals surface area contributed by atoms with Crippen molar-refractivity contribution in [1.29, 1.82) is 0 Å². The van der Waals surface area contributed by atoms with Gasteiger partial charge >= 0.3 is 0 Å². The van der Waals surface area contributed by atoms with Crippen LogP contribution in [0.2, 0.25) is 0 Å². The normalized spacial score (nSPS) is 10.8. The highest BCUT2D eigenvalue weighted by atomic mass is 32.1. The largest absolute Gasteiger partial charge is 0.489 e. The highest BCUT2D eigenvalue weighted by Crippen LogP contribution is 2.23. The minimum atomic E-state index is -0.0890. The van der Waals surface area contributed by atoms with Gasteiger partial charge in [-0.1, -0.05) is 48.0 Å². The third-order valence-corrected chi connectivity index (χ3v) is 5.61. The second-order valence-corrected chi connectivity index (χ2v) is 7.80. The number of hydrogen-bond donors (Lipinski definition) is 1. The van der Waals surface area contributed by atoms with Gasteiger partial charge in [0.15, 0.2) is 0 Å². The molecule has 1 amide bonds. The molecule has 0 spiro atoms. The summed E-state index contributed by atoms with van der Waals surface area (Å²) in [6, 6.07) is 22.2. The van der Waals surface area contributed by atoms with Crippen LogP contribution in [0.5, 0.6) is 5.75 Å². The number of fused-ring (bicyclic) bond motifs is 1. The van der Waals surface area contributed by atoms with Crippen molar-refractivity contribution in [3.63, 3.8) is 0 Å². The Balaban J connectivity index is 1.41. The fourth-order valence-electron chi connectivity index (χ4n) is 3.13. The fraction of sp³-hybridized carbons (Fsp3) is 0.125. The Morgan fingerprint density at radius 1 is 0.964 bits per heavy atom. The van der Waals surface area contributed by atoms with E-state index < -0.39 is 0 Å². The van der Waals surface area contributed by atoms with Crippen LogP contribution in [0, 0.1) is 13.8 Å². The van der Waals surface area contributed by atoms with Crippen LogP contribution >= 0.6 is 11.3 Å². The Kier molecular flexibility index (Phi) is 5.13. The maximum atomic E-state index is 12.5. The third-order valence-electron chi connectivity index (χ3n) is 4.63. The van der Waals surface area contributed by atoms with E-state index in [0.717, 1.165) is 28.0 Å². The summed E-state index contributed by atoms with van der Waals surface area (Å²) in [4.78, 5) is 13.2. The molecule has 0 aliphatic heterocycles. The summed E-state index contributed by atoms with van der Waals surface area (Å²) in [6.45, 7) is 4.48. The molecule has 0 atom stereocenters. The first-order valence-corrected chi connectivity index (χ1v) is 10.0. The molecule has 4 aromatic rings. The smallest absolute Gasteiger partial charge is 0.265 e. The molecule has 0 saturated carbocycles. The Morgan fingerprint density at radius 2 is 1.79 bits per heavy atom. The zero-order valence-electron chi connectivity index (χ0n) is 15.9. The number of anilines is 1. The summed E-state index contributed by atoms with van der Waals surface area (Å²) >= 11 is 1.43. The molecule has 3 nitrogen and oxygen atoms in total. The number of thiophene rings is 1. The van der Waals surface area contributed by atoms with E-state index >= 15 is 0 Å². The van der Waals surface area contributed by atoms with Crippen LogP contribution in [0.1, 0.15) is 26.4 Å². The fourth-order valence-corrected chi connectivity index (χ4v) is 3.92. The van der Waals surface area contributed by atoms with Gasteiger partial charge in [0.25, 0.3) is 5.91 Å². The molecule has 28 heavy (non-hydrogen) atoms. The lowest BCUT2D eigenvalue weighted by molar-refractivity contribution is 0.103. The number of carbonyl (C=O) groups is 1. The number of nitrogens with one attached hydrogen (secondary N) is 1. The lowest BCUT2D eigenvalue weighted by Crippen LogP contribution is -2.11. The monoisotopic (exact) mass is 387 g/mol. The van der Waals surface area contributed by atoms with Crippen molar-refractivity contribution in [2.75, 3.05) is 5.32 Å². The van der Waals surface area contributed by atoms with Crippen molar-refractivity contribution in [3.05, 3.63) is 93.7 Å². The van der Waals surface area contributed by atoms with Crippen molar-refractivity contribution in [1.82, 2.24) is 0 Å². The number of hydrogen-bond acceptors (Lipinski definition) is 3. The average molecular weight is 388 g/mol. The Labute approximate surface area is 168 Å². The summed E-state index contributed by atoms with van der Waals surface area (Å²) in [7, 11) is 0. The lowest BCUT2D eigenvalue weighted by atomic mass is 10.1. The first kappa shape index (κ1) is 18.3. The minimum Gasteiger partial charge on any atom is -0.489 e. The van der Waals surface area contributed by atoms with Gasteiger partial charge in [-0.2, -0.15) is 0 Å². The van der Waals surface area contributed by atoms with Crippen LogP contribution in [0.15, 0.2) is 72.1 Å². The summed E-state index contributed by atoms with van der Waals surface area (Å²) in [5, 5.41) is 7.30. The number of rotatable bonds is 5. The molecule has 0 bridgehead atoms. The van der Waals surface area contributed by atoms with Crippen molar-refractivity contribution in [2.45, 2.75) is 20.5 Å². The summed E-state index contributed by atoms with van der Waals surface area (Å²) in [5.41, 5.74) is 4.08. The Bertz CT molecular complexity index is 1150. The van der Waals surface area contributed by atoms with Crippen LogP contribution in [-0.2, 0) is 6.61 Å². The predicted octanol–water partition coefficient (Wildman–Crippen LogP) is 6.35. The molecule has 0 unspecified atom stereocenters. The van der Waals surface area contributed by atoms with Gasteiger partial charge in [0, 0.05) is 11.3 Å². The van der Waals surface area contributed by atoms with Crippen molar-refractivity contribution < 1.29 is 9.53 Å². The summed E-state index contributed by atoms with van der Waals surface area (Å²) in [6.07, 6.45) is 0. The molecule has 0 aliphatic carbocycles. The molecule has 3 aromatic carbocycles. The highest BCUT2D eigenvalue weighted by molar-refractivity contribution is 7.12. The van der Waals surface area contributed by atoms with Gasteiger partial charge in [-0.05, 0) is 59.8 Å². The number of amides is 1. The van der Waals surface area contributed by atoms with Crippen molar-refractivity contribution in [2.24, 2.45) is 0 Å². The van der Waals surface area contributed by atoms with Crippen LogP contribution in [-0.4, -0.2) is 5.91 Å². The molecule has 0 radical (unpaired) electrons. The lowest BCUT2D eigenvalue weighted by Gasteiger charge is -2.08. The molecule has 0 saturated heterocycles. The maximum absolute atomic E-state index is 12.5. The first-order valence-electron chi connectivity index (χ1n) is 9.16. The van der Waals surface area contributed by atoms with Crippen molar-refractivity contribution >= 4 is 33.7 Å². The topological polar surface area (TPSA) is 38.3 Å². The third kappa shape index (κ3) is 4.07. The minimum absolute atomic E-state index is 0.0890. The number of benzene rings is 3. The molecule has 0 fully saturated rings. The van der Waals surface area contributed by atoms with Gasteiger partial charge < -0.3 is 10.1 Å². The number of ether oxygens (including phenoxy) is 1. The van der Waals surface area contributed by atoms with Crippen LogP contribution in [0.25, 0.3) is 10.8 Å². The van der Waals surface area contributed by atoms with E-state index in [1.165, 1.54) is 22.3 Å². The Morgan fingerprint density at radius 3 is 2.61 bits per heavy atom. The number of aryl methyl sites for hydroxylation is 2. The molecule has 140 valence electrons. The SMILES string of the molecule is Cc1ccc(NC(=O)c2cc(COc3ccc4ccccc4c3)cs2)c(C)c1. The van der Waals surface area contributed by atoms with Gasteiger partial charge in [-0.3, -0.25) is 4.79 Å². The molecular formula is C24H21NO2S. The van der Waals surface area contributed by atoms with E-state index in [-0.39, 0.29) is 5.91 Å². The van der Waals surface area contributed by atoms with Gasteiger partial charge in [-0.25, -0.2) is 0 Å². The predicted molar refractivity (Wildman–Crippen MR) is 116 cm³/mol. The molecular weight excluding hydrogens is 366 g/mol. The van der Waals surface area contributed by atoms with Gasteiger partial charge in [0.1, 0.15) is 12.4 Å². The van der Waals surface area contributed by atoms with Gasteiger partial charge in [0.05, 0.1) is 4.88 Å². The zero-order valence-corrected chi connectivity index (χ0v) is 16.7. The molecule has 1 heterocycles. The molecule has 1 aromatic heterocycles. The van der Waals surface area contributed by atoms with Crippen LogP contribution < -0.4 is 10.1 Å². The number of carbonyl (C=O) groups excluding carboxylic acids is 1. The molecule has 4 rings (SSSR count). The van der Waals surface area contributed by atoms with E-state index in [2.05, 4.69) is 29.6 Å². The van der Waals surface area contributed by atoms with Gasteiger partial charge in [-0.15, -0.1) is 11.3 Å². The molecule has 0 aliphatic rings. The standard InChI is InChI=1S/C24H21NO2S/c1-16-7-10-22(17(2)11-16)25-24(26)23-12-18(15-28-23)14-27-21-9-8-19-5-3-4-6-20(19)13-21/h3-13,15H,14H2,1-2H3,(H,25,26). The van der Waals surface area contributed by atoms with E-state index in [4.69, 9.17) is 4.74 Å². The Hall–Kier alpha value is -3.11. The van der Waals surface area contributed by atoms with E-state index in [9.17, 15) is 4.79 Å². The van der Waals surface area contributed by atoms with Crippen LogP contribution in [0.4, 0.5) is 5.69 Å². The molecule has 4 heteroatoms. The maximum Gasteiger partial charge on any atom is 0.265 e. The molecule has 1 N–H and O–H groups in total. The van der Waals surface area contributed by atoms with Crippen LogP contribution in [0.3, 0.4) is 0 Å². The van der Waals surface area contributed by atoms with Crippen molar-refractivity contribution in [3.8, 4) is 5.75 Å². The van der Waals surface area contributed by atoms with Gasteiger partial charge in [0.2, 0.25) is 0 Å². The van der Waals surface area contributed by atoms with E-state index in [0.29, 0.717) is 11.5 Å². The zero-order chi connectivity index (χ0) is 19.5. The summed E-state index contributed by atoms with van der Waals surface area (Å²) < 4.78 is 5.92. The first-order chi connectivity index (χ1) is 13.6. The average Bonchev–Trinajstić information content (AvgIpc) is 3.17. The quantitative estimate of drug-likeness (QED) is 0.433. The second-order valence-electron chi connectivity index (χ2n) is 6.89. The second kappa shape index (κ2) is 7.87. The van der Waals surface area contributed by atoms with E-state index in [1.807, 2.05) is 61.7 Å².